The van der Waals surface area contributed by atoms with Gasteiger partial charge in [-0.1, -0.05) is 18.2 Å². The minimum absolute atomic E-state index is 0.541. The second kappa shape index (κ2) is 4.63. The standard InChI is InChI=1S/C18H22N2O/c1-19-9-8-12-10-16(19)17-13-6-4-5-7-15(13)20(2)18(17)14(12)11-21-3/h4-7,11-12,16H,8-10H2,1-3H3/b14-11-/t12-,16+/m1/s1. The van der Waals surface area contributed by atoms with Gasteiger partial charge in [0.2, 0.25) is 0 Å². The molecular formula is C18H22N2O. The minimum Gasteiger partial charge on any atom is -0.504 e. The zero-order valence-corrected chi connectivity index (χ0v) is 13.0. The van der Waals surface area contributed by atoms with Crippen LogP contribution in [0, 0.1) is 5.92 Å². The van der Waals surface area contributed by atoms with Crippen molar-refractivity contribution in [3.05, 3.63) is 41.8 Å². The average Bonchev–Trinajstić information content (AvgIpc) is 2.80. The first-order valence-corrected chi connectivity index (χ1v) is 7.73. The first kappa shape index (κ1) is 13.0. The summed E-state index contributed by atoms with van der Waals surface area (Å²) in [6.45, 7) is 1.17. The molecule has 0 radical (unpaired) electrons. The Labute approximate surface area is 125 Å². The summed E-state index contributed by atoms with van der Waals surface area (Å²) in [5, 5.41) is 1.40. The molecule has 0 amide bonds. The van der Waals surface area contributed by atoms with Gasteiger partial charge in [-0.15, -0.1) is 0 Å². The molecule has 3 nitrogen and oxygen atoms in total. The molecule has 0 spiro atoms. The van der Waals surface area contributed by atoms with E-state index in [1.165, 1.54) is 47.1 Å². The number of fused-ring (bicyclic) bond motifs is 6. The lowest BCUT2D eigenvalue weighted by molar-refractivity contribution is 0.156. The molecule has 2 aromatic rings. The Hall–Kier alpha value is -1.74. The zero-order valence-electron chi connectivity index (χ0n) is 13.0. The topological polar surface area (TPSA) is 17.4 Å². The van der Waals surface area contributed by atoms with E-state index in [0.717, 1.165) is 0 Å². The van der Waals surface area contributed by atoms with Crippen LogP contribution in [0.15, 0.2) is 30.5 Å². The van der Waals surface area contributed by atoms with E-state index < -0.39 is 0 Å². The molecule has 1 fully saturated rings. The van der Waals surface area contributed by atoms with Crippen LogP contribution in [-0.4, -0.2) is 30.2 Å². The summed E-state index contributed by atoms with van der Waals surface area (Å²) in [6.07, 6.45) is 4.42. The fourth-order valence-corrected chi connectivity index (χ4v) is 4.28. The number of likely N-dealkylation sites (tertiary alicyclic amines) is 1. The van der Waals surface area contributed by atoms with Gasteiger partial charge >= 0.3 is 0 Å². The predicted octanol–water partition coefficient (Wildman–Crippen LogP) is 3.56. The molecule has 21 heavy (non-hydrogen) atoms. The summed E-state index contributed by atoms with van der Waals surface area (Å²) in [5.74, 6) is 0.627. The SMILES string of the molecule is CO/C=C1\c2c(c3ccccc3n2C)[C@@H]2C[C@H]1CCN2C. The third kappa shape index (κ3) is 1.70. The van der Waals surface area contributed by atoms with Crippen molar-refractivity contribution in [1.82, 2.24) is 9.47 Å². The number of nitrogens with zero attached hydrogens (tertiary/aromatic N) is 2. The van der Waals surface area contributed by atoms with Crippen molar-refractivity contribution in [1.29, 1.82) is 0 Å². The average molecular weight is 282 g/mol. The summed E-state index contributed by atoms with van der Waals surface area (Å²) >= 11 is 0. The van der Waals surface area contributed by atoms with Crippen molar-refractivity contribution >= 4 is 16.5 Å². The first-order chi connectivity index (χ1) is 10.2. The summed E-state index contributed by atoms with van der Waals surface area (Å²) in [4.78, 5) is 2.52. The van der Waals surface area contributed by atoms with Crippen LogP contribution in [0.4, 0.5) is 0 Å². The van der Waals surface area contributed by atoms with Gasteiger partial charge in [-0.25, -0.2) is 0 Å². The van der Waals surface area contributed by atoms with Gasteiger partial charge in [0.15, 0.2) is 0 Å². The van der Waals surface area contributed by atoms with Crippen LogP contribution in [0.3, 0.4) is 0 Å². The summed E-state index contributed by atoms with van der Waals surface area (Å²) in [6, 6.07) is 9.31. The van der Waals surface area contributed by atoms with Crippen molar-refractivity contribution in [3.8, 4) is 0 Å². The number of rotatable bonds is 1. The largest absolute Gasteiger partial charge is 0.504 e. The van der Waals surface area contributed by atoms with E-state index in [4.69, 9.17) is 4.74 Å². The Morgan fingerprint density at radius 3 is 2.86 bits per heavy atom. The Balaban J connectivity index is 2.07. The van der Waals surface area contributed by atoms with Crippen LogP contribution < -0.4 is 0 Å². The number of para-hydroxylation sites is 1. The number of hydrogen-bond acceptors (Lipinski definition) is 2. The van der Waals surface area contributed by atoms with Crippen LogP contribution in [0.1, 0.15) is 30.1 Å². The predicted molar refractivity (Wildman–Crippen MR) is 86.0 cm³/mol. The maximum atomic E-state index is 5.42. The number of ether oxygens (including phenoxy) is 1. The summed E-state index contributed by atoms with van der Waals surface area (Å²) in [7, 11) is 6.21. The van der Waals surface area contributed by atoms with E-state index in [9.17, 15) is 0 Å². The maximum absolute atomic E-state index is 5.42. The molecule has 0 unspecified atom stereocenters. The molecule has 2 aliphatic rings. The van der Waals surface area contributed by atoms with Gasteiger partial charge in [0.1, 0.15) is 0 Å². The molecule has 1 aromatic heterocycles. The fraction of sp³-hybridized carbons (Fsp3) is 0.444. The lowest BCUT2D eigenvalue weighted by Gasteiger charge is -2.42. The van der Waals surface area contributed by atoms with Crippen LogP contribution >= 0.6 is 0 Å². The van der Waals surface area contributed by atoms with Crippen molar-refractivity contribution < 1.29 is 4.74 Å². The van der Waals surface area contributed by atoms with Gasteiger partial charge in [-0.3, -0.25) is 4.90 Å². The third-order valence-electron chi connectivity index (χ3n) is 5.31. The van der Waals surface area contributed by atoms with Crippen molar-refractivity contribution in [2.24, 2.45) is 13.0 Å². The monoisotopic (exact) mass is 282 g/mol. The van der Waals surface area contributed by atoms with E-state index in [-0.39, 0.29) is 0 Å². The van der Waals surface area contributed by atoms with E-state index in [0.29, 0.717) is 12.0 Å². The normalized spacial score (nSPS) is 27.1. The van der Waals surface area contributed by atoms with Gasteiger partial charge < -0.3 is 9.30 Å². The zero-order chi connectivity index (χ0) is 14.6. The number of aryl methyl sites for hydroxylation is 1. The molecule has 0 saturated carbocycles. The van der Waals surface area contributed by atoms with Gasteiger partial charge in [-0.05, 0) is 38.4 Å². The molecule has 1 aliphatic heterocycles. The van der Waals surface area contributed by atoms with E-state index >= 15 is 0 Å². The third-order valence-corrected chi connectivity index (χ3v) is 5.31. The van der Waals surface area contributed by atoms with Gasteiger partial charge in [0.25, 0.3) is 0 Å². The van der Waals surface area contributed by atoms with Crippen LogP contribution in [-0.2, 0) is 11.8 Å². The molecule has 110 valence electrons. The molecule has 2 bridgehead atoms. The lowest BCUT2D eigenvalue weighted by atomic mass is 9.75. The summed E-state index contributed by atoms with van der Waals surface area (Å²) in [5.41, 5.74) is 5.58. The van der Waals surface area contributed by atoms with Crippen molar-refractivity contribution in [2.45, 2.75) is 18.9 Å². The lowest BCUT2D eigenvalue weighted by Crippen LogP contribution is -2.37. The molecule has 1 aromatic carbocycles. The molecule has 4 rings (SSSR count). The molecule has 3 heteroatoms. The van der Waals surface area contributed by atoms with Crippen molar-refractivity contribution in [3.63, 3.8) is 0 Å². The highest BCUT2D eigenvalue weighted by molar-refractivity contribution is 5.92. The fourth-order valence-electron chi connectivity index (χ4n) is 4.28. The van der Waals surface area contributed by atoms with Crippen LogP contribution in [0.25, 0.3) is 16.5 Å². The Bertz CT molecular complexity index is 728. The number of aromatic nitrogens is 1. The smallest absolute Gasteiger partial charge is 0.0880 e. The molecule has 1 aliphatic carbocycles. The molecule has 2 heterocycles. The highest BCUT2D eigenvalue weighted by Gasteiger charge is 2.40. The van der Waals surface area contributed by atoms with Gasteiger partial charge in [-0.2, -0.15) is 0 Å². The Kier molecular flexibility index (Phi) is 2.86. The Morgan fingerprint density at radius 1 is 1.24 bits per heavy atom. The van der Waals surface area contributed by atoms with Gasteiger partial charge in [0.05, 0.1) is 19.1 Å². The van der Waals surface area contributed by atoms with Gasteiger partial charge in [0, 0.05) is 35.1 Å². The quantitative estimate of drug-likeness (QED) is 0.744. The van der Waals surface area contributed by atoms with Crippen LogP contribution in [0.2, 0.25) is 0 Å². The first-order valence-electron chi connectivity index (χ1n) is 7.73. The molecule has 2 atom stereocenters. The van der Waals surface area contributed by atoms with Crippen LogP contribution in [0.5, 0.6) is 0 Å². The van der Waals surface area contributed by atoms with E-state index in [2.05, 4.69) is 47.8 Å². The van der Waals surface area contributed by atoms with E-state index in [1.807, 2.05) is 6.26 Å². The number of piperidine rings is 1. The van der Waals surface area contributed by atoms with Crippen molar-refractivity contribution in [2.75, 3.05) is 20.7 Å². The Morgan fingerprint density at radius 2 is 2.05 bits per heavy atom. The highest BCUT2D eigenvalue weighted by atomic mass is 16.5. The number of benzene rings is 1. The second-order valence-corrected chi connectivity index (χ2v) is 6.37. The molecule has 1 saturated heterocycles. The molecule has 0 N–H and O–H groups in total. The minimum atomic E-state index is 0.541. The summed E-state index contributed by atoms with van der Waals surface area (Å²) < 4.78 is 7.77. The maximum Gasteiger partial charge on any atom is 0.0880 e. The molecular weight excluding hydrogens is 260 g/mol. The highest BCUT2D eigenvalue weighted by Crippen LogP contribution is 2.50. The number of allylic oxidation sites excluding steroid dienone is 1. The van der Waals surface area contributed by atoms with E-state index in [1.54, 1.807) is 7.11 Å². The second-order valence-electron chi connectivity index (χ2n) is 6.37. The number of methoxy groups -OCH3 is 1. The number of hydrogen-bond donors (Lipinski definition) is 0.